The zero-order valence-electron chi connectivity index (χ0n) is 8.78. The number of morpholine rings is 1. The Kier molecular flexibility index (Phi) is 3.30. The Morgan fingerprint density at radius 3 is 2.71 bits per heavy atom. The van der Waals surface area contributed by atoms with Crippen molar-refractivity contribution in [2.45, 2.75) is 6.04 Å². The number of nitro groups is 1. The molecule has 0 bridgehead atoms. The van der Waals surface area contributed by atoms with Crippen molar-refractivity contribution < 1.29 is 18.4 Å². The topological polar surface area (TPSA) is 64.4 Å². The molecule has 1 N–H and O–H groups in total. The van der Waals surface area contributed by atoms with Gasteiger partial charge in [0.2, 0.25) is 0 Å². The van der Waals surface area contributed by atoms with Gasteiger partial charge in [-0.2, -0.15) is 0 Å². The smallest absolute Gasteiger partial charge is 0.277 e. The number of benzene rings is 1. The van der Waals surface area contributed by atoms with Crippen LogP contribution in [0.1, 0.15) is 11.6 Å². The van der Waals surface area contributed by atoms with Crippen molar-refractivity contribution >= 4 is 5.69 Å². The zero-order chi connectivity index (χ0) is 12.4. The van der Waals surface area contributed by atoms with Gasteiger partial charge < -0.3 is 10.1 Å². The van der Waals surface area contributed by atoms with Crippen molar-refractivity contribution in [3.8, 4) is 0 Å². The maximum absolute atomic E-state index is 13.1. The van der Waals surface area contributed by atoms with Gasteiger partial charge in [-0.25, -0.2) is 8.78 Å². The number of ether oxygens (including phenoxy) is 1. The molecule has 1 aliphatic rings. The van der Waals surface area contributed by atoms with Gasteiger partial charge in [-0.1, -0.05) is 0 Å². The molecule has 0 aromatic heterocycles. The number of nitro benzene ring substituents is 1. The lowest BCUT2D eigenvalue weighted by Crippen LogP contribution is -2.35. The standard InChI is InChI=1S/C10H10F2N2O3/c11-7-3-6(9-5-17-2-1-13-9)10(14(15)16)4-8(7)12/h3-4,9,13H,1-2,5H2. The summed E-state index contributed by atoms with van der Waals surface area (Å²) in [7, 11) is 0. The van der Waals surface area contributed by atoms with E-state index in [1.165, 1.54) is 0 Å². The van der Waals surface area contributed by atoms with Crippen molar-refractivity contribution in [3.05, 3.63) is 39.4 Å². The van der Waals surface area contributed by atoms with Crippen LogP contribution in [0.5, 0.6) is 0 Å². The highest BCUT2D eigenvalue weighted by Crippen LogP contribution is 2.28. The van der Waals surface area contributed by atoms with Gasteiger partial charge >= 0.3 is 0 Å². The van der Waals surface area contributed by atoms with Gasteiger partial charge in [0.25, 0.3) is 5.69 Å². The lowest BCUT2D eigenvalue weighted by Gasteiger charge is -2.23. The van der Waals surface area contributed by atoms with Crippen molar-refractivity contribution in [3.63, 3.8) is 0 Å². The molecule has 92 valence electrons. The van der Waals surface area contributed by atoms with Gasteiger partial charge in [0.1, 0.15) is 0 Å². The number of nitrogens with zero attached hydrogens (tertiary/aromatic N) is 1. The second kappa shape index (κ2) is 4.72. The highest BCUT2D eigenvalue weighted by Gasteiger charge is 2.26. The van der Waals surface area contributed by atoms with E-state index in [-0.39, 0.29) is 12.2 Å². The molecule has 1 unspecified atom stereocenters. The average Bonchev–Trinajstić information content (AvgIpc) is 2.33. The van der Waals surface area contributed by atoms with E-state index in [2.05, 4.69) is 5.32 Å². The van der Waals surface area contributed by atoms with Crippen LogP contribution in [0.2, 0.25) is 0 Å². The minimum absolute atomic E-state index is 0.105. The molecule has 0 amide bonds. The summed E-state index contributed by atoms with van der Waals surface area (Å²) in [5.41, 5.74) is -0.333. The predicted molar refractivity (Wildman–Crippen MR) is 54.6 cm³/mol. The molecule has 5 nitrogen and oxygen atoms in total. The number of halogens is 2. The van der Waals surface area contributed by atoms with Crippen LogP contribution in [0.4, 0.5) is 14.5 Å². The molecule has 1 atom stereocenters. The fourth-order valence-corrected chi connectivity index (χ4v) is 1.75. The Labute approximate surface area is 95.5 Å². The van der Waals surface area contributed by atoms with Crippen LogP contribution in [0.25, 0.3) is 0 Å². The highest BCUT2D eigenvalue weighted by atomic mass is 19.2. The second-order valence-corrected chi connectivity index (χ2v) is 3.66. The molecule has 1 aromatic carbocycles. The first kappa shape index (κ1) is 11.9. The van der Waals surface area contributed by atoms with Gasteiger partial charge in [-0.15, -0.1) is 0 Å². The first-order valence-electron chi connectivity index (χ1n) is 5.04. The van der Waals surface area contributed by atoms with Gasteiger partial charge in [-0.3, -0.25) is 10.1 Å². The van der Waals surface area contributed by atoms with E-state index in [9.17, 15) is 18.9 Å². The molecule has 1 heterocycles. The maximum atomic E-state index is 13.1. The van der Waals surface area contributed by atoms with Gasteiger partial charge in [0.15, 0.2) is 11.6 Å². The quantitative estimate of drug-likeness (QED) is 0.633. The van der Waals surface area contributed by atoms with Gasteiger partial charge in [-0.05, 0) is 6.07 Å². The summed E-state index contributed by atoms with van der Waals surface area (Å²) < 4.78 is 31.2. The van der Waals surface area contributed by atoms with Crippen LogP contribution >= 0.6 is 0 Å². The van der Waals surface area contributed by atoms with E-state index in [0.29, 0.717) is 19.2 Å². The van der Waals surface area contributed by atoms with Crippen molar-refractivity contribution in [2.75, 3.05) is 19.8 Å². The Balaban J connectivity index is 2.42. The number of nitrogens with one attached hydrogen (secondary N) is 1. The predicted octanol–water partition coefficient (Wildman–Crippen LogP) is 1.53. The number of hydrogen-bond donors (Lipinski definition) is 1. The SMILES string of the molecule is O=[N+]([O-])c1cc(F)c(F)cc1C1COCCN1. The number of hydrogen-bond acceptors (Lipinski definition) is 4. The molecule has 17 heavy (non-hydrogen) atoms. The molecule has 0 spiro atoms. The normalized spacial score (nSPS) is 20.2. The first-order valence-corrected chi connectivity index (χ1v) is 5.04. The third-order valence-corrected chi connectivity index (χ3v) is 2.56. The summed E-state index contributed by atoms with van der Waals surface area (Å²) in [6.45, 7) is 1.21. The Morgan fingerprint density at radius 1 is 1.41 bits per heavy atom. The van der Waals surface area contributed by atoms with E-state index in [1.54, 1.807) is 0 Å². The molecule has 1 aliphatic heterocycles. The summed E-state index contributed by atoms with van der Waals surface area (Å²) in [5, 5.41) is 13.7. The van der Waals surface area contributed by atoms with Crippen molar-refractivity contribution in [1.29, 1.82) is 0 Å². The molecule has 1 fully saturated rings. The third-order valence-electron chi connectivity index (χ3n) is 2.56. The fraction of sp³-hybridized carbons (Fsp3) is 0.400. The lowest BCUT2D eigenvalue weighted by molar-refractivity contribution is -0.386. The molecule has 7 heteroatoms. The monoisotopic (exact) mass is 244 g/mol. The lowest BCUT2D eigenvalue weighted by atomic mass is 10.0. The molecule has 0 aliphatic carbocycles. The van der Waals surface area contributed by atoms with Crippen molar-refractivity contribution in [2.24, 2.45) is 0 Å². The highest BCUT2D eigenvalue weighted by molar-refractivity contribution is 5.43. The molecular weight excluding hydrogens is 234 g/mol. The van der Waals surface area contributed by atoms with Gasteiger partial charge in [0.05, 0.1) is 35.8 Å². The van der Waals surface area contributed by atoms with E-state index in [4.69, 9.17) is 4.74 Å². The molecule has 0 radical (unpaired) electrons. The second-order valence-electron chi connectivity index (χ2n) is 3.66. The Bertz CT molecular complexity index is 447. The minimum Gasteiger partial charge on any atom is -0.378 e. The van der Waals surface area contributed by atoms with Crippen LogP contribution in [0, 0.1) is 21.7 Å². The van der Waals surface area contributed by atoms with Gasteiger partial charge in [0, 0.05) is 6.54 Å². The Hall–Kier alpha value is -1.60. The zero-order valence-corrected chi connectivity index (χ0v) is 8.78. The van der Waals surface area contributed by atoms with Crippen LogP contribution < -0.4 is 5.32 Å². The summed E-state index contributed by atoms with van der Waals surface area (Å²) in [6.07, 6.45) is 0. The first-order chi connectivity index (χ1) is 8.09. The average molecular weight is 244 g/mol. The van der Waals surface area contributed by atoms with E-state index >= 15 is 0 Å². The molecule has 1 saturated heterocycles. The fourth-order valence-electron chi connectivity index (χ4n) is 1.75. The molecule has 1 aromatic rings. The largest absolute Gasteiger partial charge is 0.378 e. The molecular formula is C10H10F2N2O3. The summed E-state index contributed by atoms with van der Waals surface area (Å²) in [5.74, 6) is -2.32. The Morgan fingerprint density at radius 2 is 2.12 bits per heavy atom. The summed E-state index contributed by atoms with van der Waals surface area (Å²) in [6, 6.07) is 0.958. The summed E-state index contributed by atoms with van der Waals surface area (Å²) in [4.78, 5) is 10.0. The molecule has 0 saturated carbocycles. The van der Waals surface area contributed by atoms with E-state index in [0.717, 1.165) is 6.07 Å². The van der Waals surface area contributed by atoms with Crippen LogP contribution in [0.3, 0.4) is 0 Å². The maximum Gasteiger partial charge on any atom is 0.277 e. The third kappa shape index (κ3) is 2.40. The molecule has 2 rings (SSSR count). The van der Waals surface area contributed by atoms with Crippen LogP contribution in [-0.4, -0.2) is 24.7 Å². The van der Waals surface area contributed by atoms with Crippen LogP contribution in [-0.2, 0) is 4.74 Å². The van der Waals surface area contributed by atoms with E-state index in [1.807, 2.05) is 0 Å². The van der Waals surface area contributed by atoms with E-state index < -0.39 is 28.3 Å². The minimum atomic E-state index is -1.22. The number of rotatable bonds is 2. The summed E-state index contributed by atoms with van der Waals surface area (Å²) >= 11 is 0. The van der Waals surface area contributed by atoms with Crippen molar-refractivity contribution in [1.82, 2.24) is 5.32 Å². The van der Waals surface area contributed by atoms with Crippen LogP contribution in [0.15, 0.2) is 12.1 Å².